The molecule has 5 heteroatoms. The third kappa shape index (κ3) is 2.12. The van der Waals surface area contributed by atoms with Crippen LogP contribution in [0, 0.1) is 5.92 Å². The number of hydrogen-bond donors (Lipinski definition) is 2. The summed E-state index contributed by atoms with van der Waals surface area (Å²) < 4.78 is 5.20. The number of amides is 1. The predicted octanol–water partition coefficient (Wildman–Crippen LogP) is 1.50. The van der Waals surface area contributed by atoms with Gasteiger partial charge >= 0.3 is 0 Å². The number of nitrogens with one attached hydrogen (secondary N) is 2. The molecule has 1 aromatic heterocycles. The van der Waals surface area contributed by atoms with Crippen molar-refractivity contribution in [3.05, 3.63) is 36.9 Å². The molecule has 1 saturated heterocycles. The van der Waals surface area contributed by atoms with Crippen molar-refractivity contribution in [2.45, 2.75) is 0 Å². The summed E-state index contributed by atoms with van der Waals surface area (Å²) in [5.41, 5.74) is 1.74. The standard InChI is InChI=1S/C13H13N3O2/c17-13(10-5-14-6-10)16-11-3-1-9(2-4-11)12-7-15-8-18-12/h1-4,7-8,10,14H,5-6H2,(H,16,17). The Bertz CT molecular complexity index is 530. The highest BCUT2D eigenvalue weighted by atomic mass is 16.3. The highest BCUT2D eigenvalue weighted by molar-refractivity contribution is 5.93. The van der Waals surface area contributed by atoms with E-state index in [2.05, 4.69) is 15.6 Å². The smallest absolute Gasteiger partial charge is 0.230 e. The van der Waals surface area contributed by atoms with Gasteiger partial charge in [0.1, 0.15) is 0 Å². The maximum Gasteiger partial charge on any atom is 0.230 e. The molecule has 0 aliphatic carbocycles. The van der Waals surface area contributed by atoms with Crippen LogP contribution < -0.4 is 10.6 Å². The first-order chi connectivity index (χ1) is 8.83. The average molecular weight is 243 g/mol. The second-order valence-electron chi connectivity index (χ2n) is 4.29. The van der Waals surface area contributed by atoms with Crippen molar-refractivity contribution in [1.82, 2.24) is 10.3 Å². The zero-order chi connectivity index (χ0) is 12.4. The topological polar surface area (TPSA) is 67.2 Å². The number of carbonyl (C=O) groups excluding carboxylic acids is 1. The maximum atomic E-state index is 11.7. The van der Waals surface area contributed by atoms with Gasteiger partial charge in [-0.15, -0.1) is 0 Å². The Morgan fingerprint density at radius 1 is 1.33 bits per heavy atom. The first kappa shape index (κ1) is 11.0. The fraction of sp³-hybridized carbons (Fsp3) is 0.231. The number of rotatable bonds is 3. The molecule has 5 nitrogen and oxygen atoms in total. The summed E-state index contributed by atoms with van der Waals surface area (Å²) in [6.07, 6.45) is 3.06. The Morgan fingerprint density at radius 2 is 2.11 bits per heavy atom. The van der Waals surface area contributed by atoms with Crippen molar-refractivity contribution in [2.24, 2.45) is 5.92 Å². The van der Waals surface area contributed by atoms with Crippen LogP contribution in [0.25, 0.3) is 11.3 Å². The molecule has 2 aromatic rings. The number of aromatic nitrogens is 1. The van der Waals surface area contributed by atoms with E-state index in [0.29, 0.717) is 0 Å². The molecule has 1 fully saturated rings. The van der Waals surface area contributed by atoms with E-state index in [9.17, 15) is 4.79 Å². The highest BCUT2D eigenvalue weighted by Gasteiger charge is 2.24. The van der Waals surface area contributed by atoms with Crippen molar-refractivity contribution in [3.8, 4) is 11.3 Å². The van der Waals surface area contributed by atoms with Crippen LogP contribution in [-0.4, -0.2) is 24.0 Å². The van der Waals surface area contributed by atoms with Crippen LogP contribution in [0.2, 0.25) is 0 Å². The largest absolute Gasteiger partial charge is 0.444 e. The van der Waals surface area contributed by atoms with Crippen molar-refractivity contribution >= 4 is 11.6 Å². The molecule has 1 aliphatic heterocycles. The van der Waals surface area contributed by atoms with Crippen molar-refractivity contribution in [3.63, 3.8) is 0 Å². The second kappa shape index (κ2) is 4.62. The molecule has 2 heterocycles. The van der Waals surface area contributed by atoms with E-state index in [-0.39, 0.29) is 11.8 Å². The fourth-order valence-corrected chi connectivity index (χ4v) is 1.79. The van der Waals surface area contributed by atoms with E-state index in [1.54, 1.807) is 6.20 Å². The third-order valence-electron chi connectivity index (χ3n) is 3.02. The first-order valence-corrected chi connectivity index (χ1v) is 5.83. The van der Waals surface area contributed by atoms with Gasteiger partial charge in [-0.3, -0.25) is 4.79 Å². The highest BCUT2D eigenvalue weighted by Crippen LogP contribution is 2.21. The lowest BCUT2D eigenvalue weighted by atomic mass is 10.0. The fourth-order valence-electron chi connectivity index (χ4n) is 1.79. The summed E-state index contributed by atoms with van der Waals surface area (Å²) >= 11 is 0. The Hall–Kier alpha value is -2.14. The molecule has 3 rings (SSSR count). The maximum absolute atomic E-state index is 11.7. The molecule has 18 heavy (non-hydrogen) atoms. The molecule has 0 unspecified atom stereocenters. The van der Waals surface area contributed by atoms with Gasteiger partial charge in [0.2, 0.25) is 5.91 Å². The normalized spacial score (nSPS) is 15.1. The van der Waals surface area contributed by atoms with Gasteiger partial charge in [-0.2, -0.15) is 0 Å². The van der Waals surface area contributed by atoms with Gasteiger partial charge < -0.3 is 15.1 Å². The van der Waals surface area contributed by atoms with Crippen LogP contribution >= 0.6 is 0 Å². The number of oxazole rings is 1. The molecular formula is C13H13N3O2. The van der Waals surface area contributed by atoms with Crippen molar-refractivity contribution < 1.29 is 9.21 Å². The van der Waals surface area contributed by atoms with Crippen molar-refractivity contribution in [2.75, 3.05) is 18.4 Å². The van der Waals surface area contributed by atoms with Gasteiger partial charge in [0.15, 0.2) is 12.2 Å². The summed E-state index contributed by atoms with van der Waals surface area (Å²) in [6, 6.07) is 7.52. The number of carbonyl (C=O) groups is 1. The lowest BCUT2D eigenvalue weighted by molar-refractivity contribution is -0.121. The average Bonchev–Trinajstić information content (AvgIpc) is 2.81. The molecule has 0 atom stereocenters. The molecule has 0 spiro atoms. The summed E-state index contributed by atoms with van der Waals surface area (Å²) in [7, 11) is 0. The van der Waals surface area contributed by atoms with E-state index >= 15 is 0 Å². The molecule has 1 amide bonds. The number of anilines is 1. The Balaban J connectivity index is 1.69. The van der Waals surface area contributed by atoms with Crippen LogP contribution in [0.1, 0.15) is 0 Å². The van der Waals surface area contributed by atoms with E-state index < -0.39 is 0 Å². The Kier molecular flexibility index (Phi) is 2.82. The molecule has 1 aromatic carbocycles. The summed E-state index contributed by atoms with van der Waals surface area (Å²) in [5, 5.41) is 5.97. The SMILES string of the molecule is O=C(Nc1ccc(-c2cnco2)cc1)C1CNC1. The van der Waals surface area contributed by atoms with Crippen LogP contribution in [0.5, 0.6) is 0 Å². The molecule has 0 saturated carbocycles. The number of hydrogen-bond acceptors (Lipinski definition) is 4. The molecule has 2 N–H and O–H groups in total. The molecular weight excluding hydrogens is 230 g/mol. The zero-order valence-electron chi connectivity index (χ0n) is 9.72. The predicted molar refractivity (Wildman–Crippen MR) is 66.9 cm³/mol. The zero-order valence-corrected chi connectivity index (χ0v) is 9.72. The Labute approximate surface area is 104 Å². The third-order valence-corrected chi connectivity index (χ3v) is 3.02. The van der Waals surface area contributed by atoms with Gasteiger partial charge in [-0.25, -0.2) is 4.98 Å². The molecule has 0 radical (unpaired) electrons. The van der Waals surface area contributed by atoms with Gasteiger partial charge in [-0.1, -0.05) is 0 Å². The quantitative estimate of drug-likeness (QED) is 0.857. The lowest BCUT2D eigenvalue weighted by Gasteiger charge is -2.25. The van der Waals surface area contributed by atoms with Gasteiger partial charge in [0.05, 0.1) is 12.1 Å². The summed E-state index contributed by atoms with van der Waals surface area (Å²) in [5.74, 6) is 0.885. The minimum atomic E-state index is 0.0705. The van der Waals surface area contributed by atoms with Gasteiger partial charge in [-0.05, 0) is 24.3 Å². The molecule has 92 valence electrons. The minimum Gasteiger partial charge on any atom is -0.444 e. The first-order valence-electron chi connectivity index (χ1n) is 5.83. The number of nitrogens with zero attached hydrogens (tertiary/aromatic N) is 1. The van der Waals surface area contributed by atoms with E-state index in [1.165, 1.54) is 6.39 Å². The van der Waals surface area contributed by atoms with Gasteiger partial charge in [0, 0.05) is 24.3 Å². The van der Waals surface area contributed by atoms with E-state index in [4.69, 9.17) is 4.42 Å². The monoisotopic (exact) mass is 243 g/mol. The summed E-state index contributed by atoms with van der Waals surface area (Å²) in [6.45, 7) is 1.53. The summed E-state index contributed by atoms with van der Waals surface area (Å²) in [4.78, 5) is 15.6. The van der Waals surface area contributed by atoms with Gasteiger partial charge in [0.25, 0.3) is 0 Å². The Morgan fingerprint density at radius 3 is 2.67 bits per heavy atom. The van der Waals surface area contributed by atoms with Crippen LogP contribution in [0.15, 0.2) is 41.3 Å². The van der Waals surface area contributed by atoms with Crippen LogP contribution in [-0.2, 0) is 4.79 Å². The molecule has 0 bridgehead atoms. The molecule has 1 aliphatic rings. The van der Waals surface area contributed by atoms with Crippen molar-refractivity contribution in [1.29, 1.82) is 0 Å². The van der Waals surface area contributed by atoms with E-state index in [1.807, 2.05) is 24.3 Å². The van der Waals surface area contributed by atoms with Crippen LogP contribution in [0.4, 0.5) is 5.69 Å². The van der Waals surface area contributed by atoms with Crippen LogP contribution in [0.3, 0.4) is 0 Å². The number of benzene rings is 1. The second-order valence-corrected chi connectivity index (χ2v) is 4.29. The minimum absolute atomic E-state index is 0.0705. The van der Waals surface area contributed by atoms with E-state index in [0.717, 1.165) is 30.1 Å². The lowest BCUT2D eigenvalue weighted by Crippen LogP contribution is -2.48.